The van der Waals surface area contributed by atoms with E-state index in [9.17, 15) is 8.42 Å². The van der Waals surface area contributed by atoms with Crippen LogP contribution in [0.15, 0.2) is 37.8 Å². The SMILES string of the molecule is CCCC[PH](CCCC)=NS(=O)(=O)c1ccc(Br)cc1. The van der Waals surface area contributed by atoms with Gasteiger partial charge in [0.2, 0.25) is 0 Å². The molecule has 3 nitrogen and oxygen atoms in total. The van der Waals surface area contributed by atoms with Gasteiger partial charge in [0, 0.05) is 4.47 Å². The Morgan fingerprint density at radius 2 is 1.55 bits per heavy atom. The van der Waals surface area contributed by atoms with Crippen LogP contribution in [0.1, 0.15) is 39.5 Å². The predicted molar refractivity (Wildman–Crippen MR) is 91.6 cm³/mol. The maximum atomic E-state index is 12.3. The molecule has 0 aliphatic rings. The molecule has 0 bridgehead atoms. The van der Waals surface area contributed by atoms with Gasteiger partial charge >= 0.3 is 0 Å². The number of rotatable bonds is 8. The molecule has 20 heavy (non-hydrogen) atoms. The maximum absolute atomic E-state index is 12.3. The average Bonchev–Trinajstić information content (AvgIpc) is 2.42. The summed E-state index contributed by atoms with van der Waals surface area (Å²) in [6.07, 6.45) is 6.23. The van der Waals surface area contributed by atoms with Gasteiger partial charge in [0.15, 0.2) is 0 Å². The molecule has 0 heterocycles. The van der Waals surface area contributed by atoms with E-state index in [0.29, 0.717) is 4.90 Å². The van der Waals surface area contributed by atoms with Crippen molar-refractivity contribution in [1.29, 1.82) is 0 Å². The Morgan fingerprint density at radius 1 is 1.05 bits per heavy atom. The monoisotopic (exact) mass is 379 g/mol. The fourth-order valence-electron chi connectivity index (χ4n) is 1.81. The zero-order chi connectivity index (χ0) is 15.0. The summed E-state index contributed by atoms with van der Waals surface area (Å²) in [5.74, 6) is 0. The molecule has 0 aliphatic heterocycles. The van der Waals surface area contributed by atoms with E-state index in [1.54, 1.807) is 24.3 Å². The summed E-state index contributed by atoms with van der Waals surface area (Å²) in [5.41, 5.74) is 0. The van der Waals surface area contributed by atoms with Crippen LogP contribution in [0.5, 0.6) is 0 Å². The number of unbranched alkanes of at least 4 members (excludes halogenated alkanes) is 2. The van der Waals surface area contributed by atoms with Gasteiger partial charge in [-0.05, 0) is 57.1 Å². The Labute approximate surface area is 131 Å². The van der Waals surface area contributed by atoms with Crippen molar-refractivity contribution < 1.29 is 8.42 Å². The van der Waals surface area contributed by atoms with E-state index in [1.165, 1.54) is 0 Å². The minimum atomic E-state index is -3.49. The van der Waals surface area contributed by atoms with Crippen LogP contribution in [0.3, 0.4) is 0 Å². The molecule has 0 amide bonds. The molecule has 0 spiro atoms. The van der Waals surface area contributed by atoms with Crippen LogP contribution in [0, 0.1) is 0 Å². The first kappa shape index (κ1) is 17.9. The Balaban J connectivity index is 2.96. The average molecular weight is 380 g/mol. The molecule has 0 aliphatic carbocycles. The third-order valence-electron chi connectivity index (χ3n) is 3.00. The quantitative estimate of drug-likeness (QED) is 0.587. The fourth-order valence-corrected chi connectivity index (χ4v) is 6.84. The topological polar surface area (TPSA) is 46.5 Å². The van der Waals surface area contributed by atoms with Crippen molar-refractivity contribution >= 4 is 33.7 Å². The molecule has 0 N–H and O–H groups in total. The number of hydrogen-bond donors (Lipinski definition) is 0. The minimum Gasteiger partial charge on any atom is -0.199 e. The van der Waals surface area contributed by atoms with Gasteiger partial charge < -0.3 is 0 Å². The second-order valence-corrected chi connectivity index (χ2v) is 9.99. The van der Waals surface area contributed by atoms with Gasteiger partial charge in [-0.3, -0.25) is 0 Å². The number of sulfonamides is 1. The van der Waals surface area contributed by atoms with E-state index < -0.39 is 17.7 Å². The van der Waals surface area contributed by atoms with Crippen molar-refractivity contribution in [1.82, 2.24) is 0 Å². The Kier molecular flexibility index (Phi) is 8.08. The fraction of sp³-hybridized carbons (Fsp3) is 0.571. The summed E-state index contributed by atoms with van der Waals surface area (Å²) in [7, 11) is -4.65. The number of nitrogens with zero attached hydrogens (tertiary/aromatic N) is 1. The van der Waals surface area contributed by atoms with Crippen LogP contribution in [-0.2, 0) is 10.0 Å². The first-order valence-corrected chi connectivity index (χ1v) is 11.2. The standard InChI is InChI=1S/C14H23BrNO2PS/c1-3-5-11-19(12-6-4-2)16-20(17,18)14-9-7-13(15)8-10-14/h7-10,19H,3-6,11-12H2,1-2H3. The lowest BCUT2D eigenvalue weighted by Gasteiger charge is -2.07. The first-order valence-electron chi connectivity index (χ1n) is 7.08. The third kappa shape index (κ3) is 6.11. The van der Waals surface area contributed by atoms with Gasteiger partial charge in [0.1, 0.15) is 0 Å². The number of hydrogen-bond acceptors (Lipinski definition) is 2. The molecule has 114 valence electrons. The van der Waals surface area contributed by atoms with E-state index >= 15 is 0 Å². The summed E-state index contributed by atoms with van der Waals surface area (Å²) in [5, 5.41) is 0. The van der Waals surface area contributed by atoms with Crippen molar-refractivity contribution in [3.8, 4) is 0 Å². The molecule has 6 heteroatoms. The van der Waals surface area contributed by atoms with Crippen molar-refractivity contribution in [2.75, 3.05) is 12.3 Å². The second-order valence-electron chi connectivity index (χ2n) is 4.79. The highest BCUT2D eigenvalue weighted by molar-refractivity contribution is 9.10. The molecule has 0 aromatic heterocycles. The molecule has 0 radical (unpaired) electrons. The van der Waals surface area contributed by atoms with Crippen molar-refractivity contribution in [2.45, 2.75) is 44.4 Å². The predicted octanol–water partition coefficient (Wildman–Crippen LogP) is 5.14. The molecular weight excluding hydrogens is 357 g/mol. The third-order valence-corrected chi connectivity index (χ3v) is 8.25. The lowest BCUT2D eigenvalue weighted by molar-refractivity contribution is 0.598. The van der Waals surface area contributed by atoms with Crippen LogP contribution < -0.4 is 0 Å². The van der Waals surface area contributed by atoms with Gasteiger partial charge in [-0.1, -0.05) is 42.6 Å². The molecule has 0 saturated carbocycles. The van der Waals surface area contributed by atoms with E-state index in [1.807, 2.05) is 0 Å². The first-order chi connectivity index (χ1) is 9.49. The smallest absolute Gasteiger partial charge is 0.199 e. The number of halogens is 1. The largest absolute Gasteiger partial charge is 0.280 e. The Morgan fingerprint density at radius 3 is 2.00 bits per heavy atom. The van der Waals surface area contributed by atoms with Gasteiger partial charge in [-0.25, -0.2) is 0 Å². The summed E-state index contributed by atoms with van der Waals surface area (Å²) in [6, 6.07) is 6.71. The van der Waals surface area contributed by atoms with E-state index in [4.69, 9.17) is 0 Å². The zero-order valence-corrected chi connectivity index (χ0v) is 15.5. The molecule has 1 rings (SSSR count). The molecular formula is C14H23BrNO2PS. The van der Waals surface area contributed by atoms with Crippen molar-refractivity contribution in [3.05, 3.63) is 28.7 Å². The van der Waals surface area contributed by atoms with E-state index in [2.05, 4.69) is 33.9 Å². The van der Waals surface area contributed by atoms with Crippen LogP contribution in [0.25, 0.3) is 0 Å². The van der Waals surface area contributed by atoms with Crippen LogP contribution in [-0.4, -0.2) is 20.7 Å². The Bertz CT molecular complexity index is 531. The maximum Gasteiger partial charge on any atom is 0.280 e. The van der Waals surface area contributed by atoms with Crippen LogP contribution in [0.2, 0.25) is 0 Å². The van der Waals surface area contributed by atoms with Crippen LogP contribution in [0.4, 0.5) is 0 Å². The molecule has 0 unspecified atom stereocenters. The summed E-state index contributed by atoms with van der Waals surface area (Å²) in [6.45, 7) is 4.26. The lowest BCUT2D eigenvalue weighted by Crippen LogP contribution is -1.96. The lowest BCUT2D eigenvalue weighted by atomic mass is 10.4. The minimum absolute atomic E-state index is 0.302. The van der Waals surface area contributed by atoms with Crippen LogP contribution >= 0.6 is 23.6 Å². The Hall–Kier alpha value is -0.120. The van der Waals surface area contributed by atoms with Gasteiger partial charge in [0.25, 0.3) is 10.0 Å². The molecule has 0 atom stereocenters. The highest BCUT2D eigenvalue weighted by Crippen LogP contribution is 2.32. The summed E-state index contributed by atoms with van der Waals surface area (Å²) in [4.78, 5) is 0.302. The van der Waals surface area contributed by atoms with Crippen molar-refractivity contribution in [3.63, 3.8) is 0 Å². The summed E-state index contributed by atoms with van der Waals surface area (Å²) < 4.78 is 29.8. The van der Waals surface area contributed by atoms with Crippen molar-refractivity contribution in [2.24, 2.45) is 4.15 Å². The highest BCUT2D eigenvalue weighted by Gasteiger charge is 2.13. The van der Waals surface area contributed by atoms with Gasteiger partial charge in [-0.2, -0.15) is 12.6 Å². The van der Waals surface area contributed by atoms with Gasteiger partial charge in [-0.15, -0.1) is 0 Å². The van der Waals surface area contributed by atoms with E-state index in [0.717, 1.165) is 42.5 Å². The second kappa shape index (κ2) is 9.01. The normalized spacial score (nSPS) is 11.8. The summed E-state index contributed by atoms with van der Waals surface area (Å²) >= 11 is 3.31. The van der Waals surface area contributed by atoms with Gasteiger partial charge in [0.05, 0.1) is 4.90 Å². The molecule has 1 aromatic carbocycles. The molecule has 0 fully saturated rings. The van der Waals surface area contributed by atoms with E-state index in [-0.39, 0.29) is 0 Å². The zero-order valence-electron chi connectivity index (χ0n) is 12.1. The highest BCUT2D eigenvalue weighted by atomic mass is 79.9. The molecule has 1 aromatic rings. The molecule has 0 saturated heterocycles. The number of benzene rings is 1.